The van der Waals surface area contributed by atoms with E-state index in [0.717, 1.165) is 0 Å². The smallest absolute Gasteiger partial charge is 0.187 e. The molecule has 1 atom stereocenters. The van der Waals surface area contributed by atoms with Gasteiger partial charge in [0.1, 0.15) is 0 Å². The Morgan fingerprint density at radius 1 is 1.14 bits per heavy atom. The summed E-state index contributed by atoms with van der Waals surface area (Å²) < 4.78 is 10.3. The number of rotatable bonds is 8. The molecule has 1 rings (SSSR count). The average molecular weight is 303 g/mol. The van der Waals surface area contributed by atoms with Gasteiger partial charge in [-0.1, -0.05) is 13.8 Å². The Bertz CT molecular complexity index is 585. The summed E-state index contributed by atoms with van der Waals surface area (Å²) in [6, 6.07) is 6.46. The predicted octanol–water partition coefficient (Wildman–Crippen LogP) is 3.03. The van der Waals surface area contributed by atoms with Crippen LogP contribution in [0, 0.1) is 23.2 Å². The van der Waals surface area contributed by atoms with Crippen molar-refractivity contribution in [2.75, 3.05) is 14.2 Å². The van der Waals surface area contributed by atoms with E-state index in [4.69, 9.17) is 9.47 Å². The molecule has 0 spiro atoms. The van der Waals surface area contributed by atoms with Crippen molar-refractivity contribution in [1.82, 2.24) is 0 Å². The van der Waals surface area contributed by atoms with Crippen molar-refractivity contribution in [2.45, 2.75) is 26.7 Å². The number of nitriles is 1. The average Bonchev–Trinajstić information content (AvgIpc) is 2.55. The molecule has 0 N–H and O–H groups in total. The number of hydrogen-bond acceptors (Lipinski definition) is 5. The molecular weight excluding hydrogens is 282 g/mol. The first kappa shape index (κ1) is 17.7. The summed E-state index contributed by atoms with van der Waals surface area (Å²) in [5.41, 5.74) is 0.267. The Morgan fingerprint density at radius 2 is 1.73 bits per heavy atom. The van der Waals surface area contributed by atoms with Gasteiger partial charge in [0.25, 0.3) is 0 Å². The van der Waals surface area contributed by atoms with Crippen molar-refractivity contribution in [2.24, 2.45) is 11.8 Å². The molecule has 0 saturated carbocycles. The third-order valence-corrected chi connectivity index (χ3v) is 3.73. The van der Waals surface area contributed by atoms with Gasteiger partial charge in [0.05, 0.1) is 20.3 Å². The number of nitrogens with zero attached hydrogens (tertiary/aromatic N) is 1. The minimum atomic E-state index is -1.27. The van der Waals surface area contributed by atoms with Crippen molar-refractivity contribution in [3.05, 3.63) is 23.8 Å². The Kier molecular flexibility index (Phi) is 6.58. The van der Waals surface area contributed by atoms with E-state index in [-0.39, 0.29) is 17.3 Å². The van der Waals surface area contributed by atoms with Crippen LogP contribution in [0.1, 0.15) is 37.0 Å². The zero-order valence-corrected chi connectivity index (χ0v) is 13.4. The largest absolute Gasteiger partial charge is 0.493 e. The molecule has 0 fully saturated rings. The van der Waals surface area contributed by atoms with Crippen LogP contribution in [0.25, 0.3) is 0 Å². The maximum atomic E-state index is 12.5. The lowest BCUT2D eigenvalue weighted by molar-refractivity contribution is -0.124. The van der Waals surface area contributed by atoms with Crippen molar-refractivity contribution in [3.63, 3.8) is 0 Å². The van der Waals surface area contributed by atoms with Gasteiger partial charge in [-0.25, -0.2) is 0 Å². The van der Waals surface area contributed by atoms with Gasteiger partial charge in [0.15, 0.2) is 29.0 Å². The Morgan fingerprint density at radius 3 is 2.18 bits per heavy atom. The molecule has 5 heteroatoms. The molecule has 0 aliphatic rings. The summed E-state index contributed by atoms with van der Waals surface area (Å²) in [7, 11) is 2.96. The quantitative estimate of drug-likeness (QED) is 0.545. The topological polar surface area (TPSA) is 76.4 Å². The minimum absolute atomic E-state index is 0.267. The molecule has 0 saturated heterocycles. The van der Waals surface area contributed by atoms with Crippen molar-refractivity contribution in [1.29, 1.82) is 5.26 Å². The van der Waals surface area contributed by atoms with Crippen LogP contribution < -0.4 is 9.47 Å². The summed E-state index contributed by atoms with van der Waals surface area (Å²) in [5.74, 6) is -1.48. The second-order valence-corrected chi connectivity index (χ2v) is 4.91. The molecule has 1 aromatic carbocycles. The van der Waals surface area contributed by atoms with Gasteiger partial charge in [-0.3, -0.25) is 9.59 Å². The van der Waals surface area contributed by atoms with E-state index in [0.29, 0.717) is 24.3 Å². The van der Waals surface area contributed by atoms with Gasteiger partial charge in [0.2, 0.25) is 0 Å². The van der Waals surface area contributed by atoms with E-state index in [2.05, 4.69) is 0 Å². The molecule has 0 amide bonds. The highest BCUT2D eigenvalue weighted by Crippen LogP contribution is 2.29. The molecule has 0 aliphatic carbocycles. The van der Waals surface area contributed by atoms with Gasteiger partial charge < -0.3 is 9.47 Å². The van der Waals surface area contributed by atoms with E-state index in [9.17, 15) is 14.9 Å². The van der Waals surface area contributed by atoms with Crippen LogP contribution in [0.5, 0.6) is 11.5 Å². The number of ketones is 2. The van der Waals surface area contributed by atoms with Gasteiger partial charge in [-0.2, -0.15) is 5.26 Å². The van der Waals surface area contributed by atoms with E-state index >= 15 is 0 Å². The van der Waals surface area contributed by atoms with Crippen LogP contribution in [0.4, 0.5) is 0 Å². The number of carbonyl (C=O) groups excluding carboxylic acids is 2. The molecule has 0 radical (unpaired) electrons. The number of benzene rings is 1. The maximum absolute atomic E-state index is 12.5. The molecule has 0 aliphatic heterocycles. The lowest BCUT2D eigenvalue weighted by Crippen LogP contribution is -2.28. The molecule has 0 unspecified atom stereocenters. The fourth-order valence-corrected chi connectivity index (χ4v) is 2.33. The fraction of sp³-hybridized carbons (Fsp3) is 0.471. The van der Waals surface area contributed by atoms with Crippen LogP contribution in [0.3, 0.4) is 0 Å². The highest BCUT2D eigenvalue weighted by molar-refractivity contribution is 6.13. The van der Waals surface area contributed by atoms with Gasteiger partial charge in [-0.05, 0) is 31.0 Å². The number of methoxy groups -OCH3 is 2. The minimum Gasteiger partial charge on any atom is -0.493 e. The Balaban J connectivity index is 3.12. The Hall–Kier alpha value is -2.35. The van der Waals surface area contributed by atoms with Crippen LogP contribution in [0.15, 0.2) is 18.2 Å². The van der Waals surface area contributed by atoms with Gasteiger partial charge in [0, 0.05) is 11.5 Å². The van der Waals surface area contributed by atoms with Crippen molar-refractivity contribution in [3.8, 4) is 17.6 Å². The predicted molar refractivity (Wildman–Crippen MR) is 82.1 cm³/mol. The van der Waals surface area contributed by atoms with E-state index in [1.54, 1.807) is 6.07 Å². The molecule has 5 nitrogen and oxygen atoms in total. The first-order valence-electron chi connectivity index (χ1n) is 7.23. The molecule has 0 bridgehead atoms. The molecule has 118 valence electrons. The van der Waals surface area contributed by atoms with Gasteiger partial charge in [-0.15, -0.1) is 0 Å². The maximum Gasteiger partial charge on any atom is 0.187 e. The zero-order chi connectivity index (χ0) is 16.7. The molecule has 0 aromatic heterocycles. The number of Topliss-reactive ketones (excluding diaryl/α,β-unsaturated/α-hetero) is 2. The Labute approximate surface area is 130 Å². The lowest BCUT2D eigenvalue weighted by atomic mass is 9.85. The summed E-state index contributed by atoms with van der Waals surface area (Å²) in [4.78, 5) is 24.8. The molecule has 1 aromatic rings. The van der Waals surface area contributed by atoms with Gasteiger partial charge >= 0.3 is 0 Å². The summed E-state index contributed by atoms with van der Waals surface area (Å²) in [6.45, 7) is 3.75. The molecule has 0 heterocycles. The number of hydrogen-bond donors (Lipinski definition) is 0. The standard InChI is InChI=1S/C17H21NO4/c1-5-11(6-2)16(19)13(10-18)17(20)12-7-8-14(21-3)15(9-12)22-4/h7-9,11,13H,5-6H2,1-4H3/t13-/m0/s1. The second-order valence-electron chi connectivity index (χ2n) is 4.91. The SMILES string of the molecule is CCC(CC)C(=O)[C@H](C#N)C(=O)c1ccc(OC)c(OC)c1. The van der Waals surface area contributed by atoms with Crippen LogP contribution in [-0.2, 0) is 4.79 Å². The van der Waals surface area contributed by atoms with Crippen LogP contribution >= 0.6 is 0 Å². The van der Waals surface area contributed by atoms with E-state index < -0.39 is 11.7 Å². The number of carbonyl (C=O) groups is 2. The van der Waals surface area contributed by atoms with Crippen LogP contribution in [0.2, 0.25) is 0 Å². The highest BCUT2D eigenvalue weighted by atomic mass is 16.5. The second kappa shape index (κ2) is 8.18. The number of ether oxygens (including phenoxy) is 2. The third-order valence-electron chi connectivity index (χ3n) is 3.73. The fourth-order valence-electron chi connectivity index (χ4n) is 2.33. The van der Waals surface area contributed by atoms with Crippen LogP contribution in [-0.4, -0.2) is 25.8 Å². The van der Waals surface area contributed by atoms with Crippen molar-refractivity contribution < 1.29 is 19.1 Å². The summed E-state index contributed by atoms with van der Waals surface area (Å²) >= 11 is 0. The molecular formula is C17H21NO4. The normalized spacial score (nSPS) is 11.6. The monoisotopic (exact) mass is 303 g/mol. The summed E-state index contributed by atoms with van der Waals surface area (Å²) in [5, 5.41) is 9.25. The molecule has 22 heavy (non-hydrogen) atoms. The third kappa shape index (κ3) is 3.64. The highest BCUT2D eigenvalue weighted by Gasteiger charge is 2.31. The van der Waals surface area contributed by atoms with Crippen molar-refractivity contribution >= 4 is 11.6 Å². The summed E-state index contributed by atoms with van der Waals surface area (Å²) in [6.07, 6.45) is 1.24. The zero-order valence-electron chi connectivity index (χ0n) is 13.4. The first-order valence-corrected chi connectivity index (χ1v) is 7.23. The first-order chi connectivity index (χ1) is 10.5. The van der Waals surface area contributed by atoms with E-state index in [1.165, 1.54) is 26.4 Å². The van der Waals surface area contributed by atoms with E-state index in [1.807, 2.05) is 19.9 Å². The lowest BCUT2D eigenvalue weighted by Gasteiger charge is -2.15.